The van der Waals surface area contributed by atoms with E-state index in [2.05, 4.69) is 25.6 Å². The van der Waals surface area contributed by atoms with Crippen LogP contribution in [-0.2, 0) is 16.0 Å². The van der Waals surface area contributed by atoms with Crippen molar-refractivity contribution in [2.24, 2.45) is 0 Å². The highest BCUT2D eigenvalue weighted by molar-refractivity contribution is 6.30. The second-order valence-electron chi connectivity index (χ2n) is 9.83. The lowest BCUT2D eigenvalue weighted by atomic mass is 9.86. The van der Waals surface area contributed by atoms with Crippen LogP contribution in [0.2, 0.25) is 5.02 Å². The van der Waals surface area contributed by atoms with E-state index in [9.17, 15) is 18.8 Å². The third-order valence-electron chi connectivity index (χ3n) is 7.27. The highest BCUT2D eigenvalue weighted by atomic mass is 35.5. The first-order valence-corrected chi connectivity index (χ1v) is 13.8. The van der Waals surface area contributed by atoms with Crippen molar-refractivity contribution < 1.29 is 23.5 Å². The Morgan fingerprint density at radius 3 is 2.52 bits per heavy atom. The van der Waals surface area contributed by atoms with Crippen LogP contribution in [0.25, 0.3) is 16.8 Å². The minimum absolute atomic E-state index is 0.0208. The van der Waals surface area contributed by atoms with Crippen LogP contribution in [0.15, 0.2) is 85.6 Å². The third-order valence-corrected chi connectivity index (χ3v) is 7.56. The number of hydrogen-bond donors (Lipinski definition) is 1. The van der Waals surface area contributed by atoms with E-state index in [1.54, 1.807) is 42.7 Å². The molecule has 1 N–H and O–H groups in total. The summed E-state index contributed by atoms with van der Waals surface area (Å²) in [4.78, 5) is 49.4. The quantitative estimate of drug-likeness (QED) is 0.274. The molecule has 5 aromatic rings. The molecule has 3 heterocycles. The van der Waals surface area contributed by atoms with Gasteiger partial charge in [-0.3, -0.25) is 9.59 Å². The smallest absolute Gasteiger partial charge is 0.337 e. The predicted molar refractivity (Wildman–Crippen MR) is 158 cm³/mol. The number of halogens is 2. The Morgan fingerprint density at radius 1 is 1.02 bits per heavy atom. The first-order valence-electron chi connectivity index (χ1n) is 13.4. The highest BCUT2D eigenvalue weighted by Crippen LogP contribution is 2.37. The third kappa shape index (κ3) is 5.38. The van der Waals surface area contributed by atoms with Gasteiger partial charge in [0.05, 0.1) is 23.9 Å². The van der Waals surface area contributed by atoms with E-state index >= 15 is 0 Å². The zero-order valence-corrected chi connectivity index (χ0v) is 23.9. The van der Waals surface area contributed by atoms with Crippen LogP contribution in [0.3, 0.4) is 0 Å². The number of nitrogens with zero attached hydrogens (tertiary/aromatic N) is 6. The van der Waals surface area contributed by atoms with Crippen LogP contribution in [0, 0.1) is 5.82 Å². The van der Waals surface area contributed by atoms with E-state index in [0.717, 1.165) is 21.4 Å². The Kier molecular flexibility index (Phi) is 7.82. The second kappa shape index (κ2) is 12.0. The van der Waals surface area contributed by atoms with E-state index in [1.165, 1.54) is 48.8 Å². The lowest BCUT2D eigenvalue weighted by Crippen LogP contribution is -2.45. The van der Waals surface area contributed by atoms with Crippen molar-refractivity contribution in [1.82, 2.24) is 29.9 Å². The molecule has 1 aliphatic rings. The number of rotatable bonds is 6. The van der Waals surface area contributed by atoms with Crippen molar-refractivity contribution in [2.45, 2.75) is 12.5 Å². The molecule has 0 saturated carbocycles. The molecule has 1 atom stereocenters. The van der Waals surface area contributed by atoms with Crippen molar-refractivity contribution in [3.05, 3.63) is 119 Å². The summed E-state index contributed by atoms with van der Waals surface area (Å²) in [6, 6.07) is 15.1. The summed E-state index contributed by atoms with van der Waals surface area (Å²) in [5.74, 6) is -2.28. The average molecular weight is 612 g/mol. The van der Waals surface area contributed by atoms with Gasteiger partial charge in [-0.2, -0.15) is 0 Å². The topological polar surface area (TPSA) is 132 Å². The number of hydrogen-bond acceptors (Lipinski definition) is 8. The number of methoxy groups -OCH3 is 1. The lowest BCUT2D eigenvalue weighted by molar-refractivity contribution is -0.121. The molecule has 13 heteroatoms. The molecule has 0 radical (unpaired) electrons. The van der Waals surface area contributed by atoms with E-state index in [4.69, 9.17) is 16.3 Å². The van der Waals surface area contributed by atoms with Crippen LogP contribution in [-0.4, -0.2) is 61.3 Å². The van der Waals surface area contributed by atoms with Gasteiger partial charge in [-0.1, -0.05) is 41.1 Å². The molecule has 1 aliphatic heterocycles. The average Bonchev–Trinajstić information content (AvgIpc) is 3.55. The Bertz CT molecular complexity index is 1880. The molecule has 220 valence electrons. The minimum Gasteiger partial charge on any atom is -0.465 e. The van der Waals surface area contributed by atoms with Crippen molar-refractivity contribution >= 4 is 35.1 Å². The van der Waals surface area contributed by atoms with Crippen LogP contribution < -0.4 is 5.32 Å². The van der Waals surface area contributed by atoms with Crippen molar-refractivity contribution in [1.29, 1.82) is 0 Å². The van der Waals surface area contributed by atoms with E-state index < -0.39 is 29.6 Å². The molecule has 0 aliphatic carbocycles. The van der Waals surface area contributed by atoms with Crippen molar-refractivity contribution in [3.63, 3.8) is 0 Å². The van der Waals surface area contributed by atoms with Gasteiger partial charge in [0, 0.05) is 30.2 Å². The maximum absolute atomic E-state index is 14.7. The van der Waals surface area contributed by atoms with Gasteiger partial charge in [0.25, 0.3) is 11.8 Å². The summed E-state index contributed by atoms with van der Waals surface area (Å²) < 4.78 is 20.5. The fraction of sp³-hybridized carbons (Fsp3) is 0.129. The van der Waals surface area contributed by atoms with Crippen LogP contribution in [0.5, 0.6) is 0 Å². The zero-order valence-electron chi connectivity index (χ0n) is 23.1. The molecule has 44 heavy (non-hydrogen) atoms. The predicted octanol–water partition coefficient (Wildman–Crippen LogP) is 4.68. The first kappa shape index (κ1) is 28.6. The van der Waals surface area contributed by atoms with Gasteiger partial charge in [-0.15, -0.1) is 5.10 Å². The summed E-state index contributed by atoms with van der Waals surface area (Å²) in [6.45, 7) is 0.175. The molecule has 0 saturated heterocycles. The Balaban J connectivity index is 1.37. The molecule has 0 spiro atoms. The summed E-state index contributed by atoms with van der Waals surface area (Å²) >= 11 is 5.92. The maximum Gasteiger partial charge on any atom is 0.337 e. The van der Waals surface area contributed by atoms with Gasteiger partial charge in [-0.05, 0) is 59.5 Å². The summed E-state index contributed by atoms with van der Waals surface area (Å²) in [6.07, 6.45) is 6.53. The molecule has 0 bridgehead atoms. The minimum atomic E-state index is -1.07. The number of fused-ring (bicyclic) bond motifs is 1. The number of esters is 1. The van der Waals surface area contributed by atoms with E-state index in [0.29, 0.717) is 23.2 Å². The maximum atomic E-state index is 14.7. The second-order valence-corrected chi connectivity index (χ2v) is 10.2. The van der Waals surface area contributed by atoms with Gasteiger partial charge < -0.3 is 15.0 Å². The normalized spacial score (nSPS) is 14.1. The molecule has 1 unspecified atom stereocenters. The Morgan fingerprint density at radius 2 is 1.77 bits per heavy atom. The molecule has 2 amide bonds. The Hall–Kier alpha value is -5.49. The molecule has 2 aromatic heterocycles. The van der Waals surface area contributed by atoms with E-state index in [-0.39, 0.29) is 22.9 Å². The van der Waals surface area contributed by atoms with Crippen molar-refractivity contribution in [3.8, 4) is 16.8 Å². The number of carbonyl (C=O) groups excluding carboxylic acids is 3. The SMILES string of the molecule is COC(=O)c1ccc(NC(=O)C2c3cccc(-c4cncnc4)c3CCN2C(=O)c2cn(-c3cccc(Cl)c3F)nn2)cc1. The van der Waals surface area contributed by atoms with Crippen molar-refractivity contribution in [2.75, 3.05) is 19.0 Å². The number of aromatic nitrogens is 5. The molecule has 6 rings (SSSR count). The molecular weight excluding hydrogens is 589 g/mol. The van der Waals surface area contributed by atoms with Crippen LogP contribution >= 0.6 is 11.6 Å². The molecule has 11 nitrogen and oxygen atoms in total. The number of carbonyl (C=O) groups is 3. The fourth-order valence-electron chi connectivity index (χ4n) is 5.19. The monoisotopic (exact) mass is 611 g/mol. The first-order chi connectivity index (χ1) is 21.4. The molecule has 3 aromatic carbocycles. The molecular formula is C31H23ClFN7O4. The largest absolute Gasteiger partial charge is 0.465 e. The van der Waals surface area contributed by atoms with Crippen LogP contribution in [0.4, 0.5) is 10.1 Å². The van der Waals surface area contributed by atoms with E-state index in [1.807, 2.05) is 6.07 Å². The zero-order chi connectivity index (χ0) is 30.8. The lowest BCUT2D eigenvalue weighted by Gasteiger charge is -2.36. The summed E-state index contributed by atoms with van der Waals surface area (Å²) in [5, 5.41) is 10.7. The van der Waals surface area contributed by atoms with Gasteiger partial charge >= 0.3 is 5.97 Å². The van der Waals surface area contributed by atoms with Gasteiger partial charge in [-0.25, -0.2) is 23.8 Å². The van der Waals surface area contributed by atoms with Crippen LogP contribution in [0.1, 0.15) is 38.0 Å². The Labute approximate surface area is 255 Å². The van der Waals surface area contributed by atoms with Gasteiger partial charge in [0.1, 0.15) is 18.1 Å². The highest BCUT2D eigenvalue weighted by Gasteiger charge is 2.38. The number of ether oxygens (including phenoxy) is 1. The fourth-order valence-corrected chi connectivity index (χ4v) is 5.36. The number of benzene rings is 3. The number of amides is 2. The standard InChI is InChI=1S/C31H23ClFN7O4/c1-44-31(43)18-8-10-20(11-9-18)36-29(41)28-23-5-2-4-21(19-14-34-17-35-15-19)22(23)12-13-39(28)30(42)25-16-40(38-37-25)26-7-3-6-24(32)27(26)33/h2-11,14-17,28H,12-13H2,1H3,(H,36,41). The summed E-state index contributed by atoms with van der Waals surface area (Å²) in [5.41, 5.74) is 3.77. The summed E-state index contributed by atoms with van der Waals surface area (Å²) in [7, 11) is 1.28. The van der Waals surface area contributed by atoms with Gasteiger partial charge in [0.2, 0.25) is 0 Å². The number of nitrogens with one attached hydrogen (secondary N) is 1. The molecule has 0 fully saturated rings. The van der Waals surface area contributed by atoms with Gasteiger partial charge in [0.15, 0.2) is 11.5 Å². The number of anilines is 1.